The number of nitrogens with zero attached hydrogens (tertiary/aromatic N) is 2. The van der Waals surface area contributed by atoms with E-state index in [0.29, 0.717) is 16.5 Å². The highest BCUT2D eigenvalue weighted by Gasteiger charge is 2.08. The van der Waals surface area contributed by atoms with Crippen molar-refractivity contribution in [3.8, 4) is 11.4 Å². The van der Waals surface area contributed by atoms with Gasteiger partial charge in [0.15, 0.2) is 6.61 Å². The lowest BCUT2D eigenvalue weighted by Gasteiger charge is -2.10. The molecule has 0 saturated carbocycles. The monoisotopic (exact) mass is 398 g/mol. The second kappa shape index (κ2) is 9.05. The Morgan fingerprint density at radius 3 is 2.61 bits per heavy atom. The number of halogens is 1. The fraction of sp³-hybridized carbons (Fsp3) is 0.150. The maximum absolute atomic E-state index is 12.0. The van der Waals surface area contributed by atoms with Crippen LogP contribution in [0.2, 0.25) is 5.02 Å². The Labute approximate surface area is 167 Å². The fourth-order valence-electron chi connectivity index (χ4n) is 2.47. The van der Waals surface area contributed by atoms with Crippen LogP contribution in [-0.4, -0.2) is 34.7 Å². The molecule has 28 heavy (non-hydrogen) atoms. The average Bonchev–Trinajstić information content (AvgIpc) is 3.21. The number of hydrogen-bond acceptors (Lipinski definition) is 4. The van der Waals surface area contributed by atoms with Crippen LogP contribution in [-0.2, 0) is 9.59 Å². The first-order valence-electron chi connectivity index (χ1n) is 8.57. The van der Waals surface area contributed by atoms with Crippen LogP contribution in [0.4, 0.5) is 5.69 Å². The molecule has 7 nitrogen and oxygen atoms in total. The molecule has 3 rings (SSSR count). The number of carbonyl (C=O) groups is 2. The van der Waals surface area contributed by atoms with Crippen molar-refractivity contribution in [3.63, 3.8) is 0 Å². The van der Waals surface area contributed by atoms with Gasteiger partial charge in [-0.3, -0.25) is 9.59 Å². The Kier molecular flexibility index (Phi) is 6.29. The lowest BCUT2D eigenvalue weighted by molar-refractivity contribution is -0.125. The van der Waals surface area contributed by atoms with Gasteiger partial charge in [-0.05, 0) is 61.0 Å². The molecule has 0 aliphatic carbocycles. The average molecular weight is 399 g/mol. The predicted octanol–water partition coefficient (Wildman–Crippen LogP) is 2.97. The zero-order valence-electron chi connectivity index (χ0n) is 15.2. The molecule has 0 aliphatic heterocycles. The van der Waals surface area contributed by atoms with Gasteiger partial charge in [-0.1, -0.05) is 11.6 Å². The number of anilines is 1. The molecule has 0 spiro atoms. The maximum Gasteiger partial charge on any atom is 0.258 e. The fourth-order valence-corrected chi connectivity index (χ4v) is 2.70. The Bertz CT molecular complexity index is 956. The zero-order chi connectivity index (χ0) is 19.9. The van der Waals surface area contributed by atoms with Crippen molar-refractivity contribution in [1.82, 2.24) is 15.1 Å². The van der Waals surface area contributed by atoms with Crippen molar-refractivity contribution in [2.75, 3.05) is 18.5 Å². The summed E-state index contributed by atoms with van der Waals surface area (Å²) in [5.41, 5.74) is 2.34. The lowest BCUT2D eigenvalue weighted by atomic mass is 10.2. The van der Waals surface area contributed by atoms with Crippen LogP contribution in [0, 0.1) is 6.92 Å². The molecule has 2 N–H and O–H groups in total. The van der Waals surface area contributed by atoms with Crippen LogP contribution in [0.1, 0.15) is 5.56 Å². The molecule has 2 aromatic carbocycles. The molecule has 0 fully saturated rings. The van der Waals surface area contributed by atoms with Gasteiger partial charge in [-0.15, -0.1) is 0 Å². The van der Waals surface area contributed by atoms with Gasteiger partial charge in [0, 0.05) is 23.1 Å². The SMILES string of the molecule is Cc1cc(Cl)ccc1OCC(=O)NCC(=O)Nc1ccc(-n2cccn2)cc1. The van der Waals surface area contributed by atoms with E-state index in [0.717, 1.165) is 11.3 Å². The number of hydrogen-bond donors (Lipinski definition) is 2. The zero-order valence-corrected chi connectivity index (χ0v) is 15.9. The topological polar surface area (TPSA) is 85.2 Å². The molecule has 0 unspecified atom stereocenters. The number of ether oxygens (including phenoxy) is 1. The Hall–Kier alpha value is -3.32. The largest absolute Gasteiger partial charge is 0.484 e. The molecule has 0 radical (unpaired) electrons. The van der Waals surface area contributed by atoms with E-state index in [1.807, 2.05) is 31.3 Å². The molecule has 0 atom stereocenters. The molecule has 144 valence electrons. The van der Waals surface area contributed by atoms with Crippen molar-refractivity contribution >= 4 is 29.1 Å². The second-order valence-electron chi connectivity index (χ2n) is 6.02. The number of amides is 2. The molecular weight excluding hydrogens is 380 g/mol. The first-order valence-corrected chi connectivity index (χ1v) is 8.94. The van der Waals surface area contributed by atoms with Gasteiger partial charge in [0.2, 0.25) is 5.91 Å². The normalized spacial score (nSPS) is 10.4. The minimum atomic E-state index is -0.390. The minimum absolute atomic E-state index is 0.150. The van der Waals surface area contributed by atoms with Gasteiger partial charge < -0.3 is 15.4 Å². The summed E-state index contributed by atoms with van der Waals surface area (Å²) in [6.45, 7) is 1.50. The summed E-state index contributed by atoms with van der Waals surface area (Å²) < 4.78 is 7.16. The van der Waals surface area contributed by atoms with Crippen molar-refractivity contribution in [2.45, 2.75) is 6.92 Å². The number of rotatable bonds is 7. The van der Waals surface area contributed by atoms with E-state index in [1.54, 1.807) is 41.2 Å². The summed E-state index contributed by atoms with van der Waals surface area (Å²) in [4.78, 5) is 23.9. The smallest absolute Gasteiger partial charge is 0.258 e. The van der Waals surface area contributed by atoms with Crippen molar-refractivity contribution < 1.29 is 14.3 Å². The molecule has 1 heterocycles. The van der Waals surface area contributed by atoms with Crippen molar-refractivity contribution in [2.24, 2.45) is 0 Å². The minimum Gasteiger partial charge on any atom is -0.484 e. The first kappa shape index (κ1) is 19.4. The van der Waals surface area contributed by atoms with Crippen molar-refractivity contribution in [1.29, 1.82) is 0 Å². The Morgan fingerprint density at radius 2 is 1.93 bits per heavy atom. The highest BCUT2D eigenvalue weighted by molar-refractivity contribution is 6.30. The van der Waals surface area contributed by atoms with E-state index in [-0.39, 0.29) is 19.1 Å². The summed E-state index contributed by atoms with van der Waals surface area (Å²) in [6, 6.07) is 14.2. The Balaban J connectivity index is 1.43. The van der Waals surface area contributed by atoms with Gasteiger partial charge in [-0.2, -0.15) is 5.10 Å². The van der Waals surface area contributed by atoms with Crippen LogP contribution in [0.15, 0.2) is 60.9 Å². The summed E-state index contributed by atoms with van der Waals surface area (Å²) in [5, 5.41) is 9.98. The van der Waals surface area contributed by atoms with Gasteiger partial charge in [-0.25, -0.2) is 4.68 Å². The highest BCUT2D eigenvalue weighted by Crippen LogP contribution is 2.21. The van der Waals surface area contributed by atoms with Gasteiger partial charge >= 0.3 is 0 Å². The van der Waals surface area contributed by atoms with Gasteiger partial charge in [0.25, 0.3) is 5.91 Å². The van der Waals surface area contributed by atoms with Gasteiger partial charge in [0.1, 0.15) is 5.75 Å². The number of aryl methyl sites for hydroxylation is 1. The molecule has 2 amide bonds. The van der Waals surface area contributed by atoms with Crippen LogP contribution < -0.4 is 15.4 Å². The number of carbonyl (C=O) groups excluding carboxylic acids is 2. The third-order valence-corrected chi connectivity index (χ3v) is 4.10. The number of nitrogens with one attached hydrogen (secondary N) is 2. The van der Waals surface area contributed by atoms with Crippen LogP contribution in [0.3, 0.4) is 0 Å². The lowest BCUT2D eigenvalue weighted by Crippen LogP contribution is -2.35. The van der Waals surface area contributed by atoms with E-state index >= 15 is 0 Å². The second-order valence-corrected chi connectivity index (χ2v) is 6.46. The van der Waals surface area contributed by atoms with Gasteiger partial charge in [0.05, 0.1) is 12.2 Å². The first-order chi connectivity index (χ1) is 13.5. The van der Waals surface area contributed by atoms with E-state index in [2.05, 4.69) is 15.7 Å². The van der Waals surface area contributed by atoms with Crippen LogP contribution >= 0.6 is 11.6 Å². The number of aromatic nitrogens is 2. The summed E-state index contributed by atoms with van der Waals surface area (Å²) in [6.07, 6.45) is 3.52. The molecule has 3 aromatic rings. The van der Waals surface area contributed by atoms with E-state index in [1.165, 1.54) is 0 Å². The third-order valence-electron chi connectivity index (χ3n) is 3.86. The van der Waals surface area contributed by atoms with E-state index < -0.39 is 5.91 Å². The quantitative estimate of drug-likeness (QED) is 0.640. The predicted molar refractivity (Wildman–Crippen MR) is 107 cm³/mol. The summed E-state index contributed by atoms with van der Waals surface area (Å²) >= 11 is 5.88. The Morgan fingerprint density at radius 1 is 1.14 bits per heavy atom. The van der Waals surface area contributed by atoms with E-state index in [4.69, 9.17) is 16.3 Å². The van der Waals surface area contributed by atoms with Crippen LogP contribution in [0.5, 0.6) is 5.75 Å². The summed E-state index contributed by atoms with van der Waals surface area (Å²) in [7, 11) is 0. The van der Waals surface area contributed by atoms with Crippen LogP contribution in [0.25, 0.3) is 5.69 Å². The van der Waals surface area contributed by atoms with Crippen molar-refractivity contribution in [3.05, 3.63) is 71.5 Å². The highest BCUT2D eigenvalue weighted by atomic mass is 35.5. The molecule has 0 aliphatic rings. The van der Waals surface area contributed by atoms with E-state index in [9.17, 15) is 9.59 Å². The molecule has 0 bridgehead atoms. The molecular formula is C20H19ClN4O3. The maximum atomic E-state index is 12.0. The standard InChI is InChI=1S/C20H19ClN4O3/c1-14-11-15(21)3-8-18(14)28-13-20(27)22-12-19(26)24-16-4-6-17(7-5-16)25-10-2-9-23-25/h2-11H,12-13H2,1H3,(H,22,27)(H,24,26). The number of benzene rings is 2. The molecule has 1 aromatic heterocycles. The molecule has 0 saturated heterocycles. The molecule has 8 heteroatoms. The third kappa shape index (κ3) is 5.34. The summed E-state index contributed by atoms with van der Waals surface area (Å²) in [5.74, 6) is -0.150.